The van der Waals surface area contributed by atoms with Gasteiger partial charge in [-0.3, -0.25) is 4.55 Å². The summed E-state index contributed by atoms with van der Waals surface area (Å²) >= 11 is 0. The maximum atomic E-state index is 10.5. The molecular formula is C22H28N2O3S. The molecule has 0 atom stereocenters. The molecule has 1 fully saturated rings. The highest BCUT2D eigenvalue weighted by Gasteiger charge is 2.19. The summed E-state index contributed by atoms with van der Waals surface area (Å²) in [6.07, 6.45) is 5.89. The monoisotopic (exact) mass is 400 g/mol. The zero-order valence-electron chi connectivity index (χ0n) is 16.4. The number of fused-ring (bicyclic) bond motifs is 1. The highest BCUT2D eigenvalue weighted by Crippen LogP contribution is 2.33. The van der Waals surface area contributed by atoms with Crippen molar-refractivity contribution < 1.29 is 13.0 Å². The first-order valence-corrected chi connectivity index (χ1v) is 11.2. The molecule has 1 aliphatic heterocycles. The molecule has 0 amide bonds. The van der Waals surface area contributed by atoms with Gasteiger partial charge in [-0.05, 0) is 74.5 Å². The van der Waals surface area contributed by atoms with Crippen molar-refractivity contribution in [1.82, 2.24) is 10.3 Å². The fourth-order valence-corrected chi connectivity index (χ4v) is 4.23. The third kappa shape index (κ3) is 4.82. The Labute approximate surface area is 166 Å². The molecule has 0 bridgehead atoms. The number of aryl methyl sites for hydroxylation is 2. The van der Waals surface area contributed by atoms with E-state index >= 15 is 0 Å². The quantitative estimate of drug-likeness (QED) is 0.568. The summed E-state index contributed by atoms with van der Waals surface area (Å²) in [6, 6.07) is 12.6. The van der Waals surface area contributed by atoms with Crippen molar-refractivity contribution in [2.24, 2.45) is 0 Å². The second-order valence-corrected chi connectivity index (χ2v) is 8.67. The molecule has 150 valence electrons. The molecule has 0 spiro atoms. The SMILES string of the molecule is CCc1cccc2[nH]cc(C3CCNCC3)c12.Cc1ccc(S(=O)(=O)O)cc1. The molecule has 0 radical (unpaired) electrons. The van der Waals surface area contributed by atoms with Crippen LogP contribution in [0.25, 0.3) is 10.9 Å². The average molecular weight is 401 g/mol. The maximum absolute atomic E-state index is 10.5. The molecular weight excluding hydrogens is 372 g/mol. The number of piperidine rings is 1. The molecule has 1 aliphatic rings. The largest absolute Gasteiger partial charge is 0.361 e. The minimum absolute atomic E-state index is 0.0666. The summed E-state index contributed by atoms with van der Waals surface area (Å²) in [5, 5.41) is 4.93. The Morgan fingerprint density at radius 3 is 2.36 bits per heavy atom. The lowest BCUT2D eigenvalue weighted by atomic mass is 9.88. The highest BCUT2D eigenvalue weighted by atomic mass is 32.2. The summed E-state index contributed by atoms with van der Waals surface area (Å²) in [7, 11) is -4.02. The second-order valence-electron chi connectivity index (χ2n) is 7.25. The van der Waals surface area contributed by atoms with Crippen molar-refractivity contribution in [3.05, 3.63) is 65.4 Å². The van der Waals surface area contributed by atoms with Crippen LogP contribution in [0.2, 0.25) is 0 Å². The van der Waals surface area contributed by atoms with E-state index in [0.717, 1.165) is 31.0 Å². The minimum Gasteiger partial charge on any atom is -0.361 e. The molecule has 5 nitrogen and oxygen atoms in total. The Balaban J connectivity index is 0.000000178. The lowest BCUT2D eigenvalue weighted by Gasteiger charge is -2.22. The van der Waals surface area contributed by atoms with Crippen LogP contribution in [0.5, 0.6) is 0 Å². The van der Waals surface area contributed by atoms with Crippen LogP contribution in [-0.2, 0) is 16.5 Å². The molecule has 2 aromatic carbocycles. The first-order valence-electron chi connectivity index (χ1n) is 9.74. The van der Waals surface area contributed by atoms with Gasteiger partial charge < -0.3 is 10.3 Å². The zero-order chi connectivity index (χ0) is 20.1. The van der Waals surface area contributed by atoms with Gasteiger partial charge in [0.2, 0.25) is 0 Å². The molecule has 0 saturated carbocycles. The van der Waals surface area contributed by atoms with Gasteiger partial charge in [0.15, 0.2) is 0 Å². The first-order chi connectivity index (χ1) is 13.4. The predicted molar refractivity (Wildman–Crippen MR) is 114 cm³/mol. The zero-order valence-corrected chi connectivity index (χ0v) is 17.2. The Morgan fingerprint density at radius 1 is 1.07 bits per heavy atom. The van der Waals surface area contributed by atoms with E-state index in [4.69, 9.17) is 4.55 Å². The third-order valence-corrected chi connectivity index (χ3v) is 6.17. The summed E-state index contributed by atoms with van der Waals surface area (Å²) in [6.45, 7) is 6.40. The van der Waals surface area contributed by atoms with Crippen LogP contribution in [0.1, 0.15) is 42.4 Å². The van der Waals surface area contributed by atoms with E-state index in [1.807, 2.05) is 6.92 Å². The Bertz CT molecular complexity index is 1020. The number of hydrogen-bond donors (Lipinski definition) is 3. The Morgan fingerprint density at radius 2 is 1.75 bits per heavy atom. The number of H-pyrrole nitrogens is 1. The molecule has 3 aromatic rings. The van der Waals surface area contributed by atoms with Gasteiger partial charge in [-0.15, -0.1) is 0 Å². The summed E-state index contributed by atoms with van der Waals surface area (Å²) < 4.78 is 29.6. The smallest absolute Gasteiger partial charge is 0.294 e. The standard InChI is InChI=1S/C15H20N2.C7H8O3S/c1-2-11-4-3-5-14-15(11)13(10-17-14)12-6-8-16-9-7-12;1-6-2-4-7(5-3-6)11(8,9)10/h3-5,10,12,16-17H,2,6-9H2,1H3;2-5H,1H3,(H,8,9,10). The molecule has 0 unspecified atom stereocenters. The van der Waals surface area contributed by atoms with Crippen LogP contribution >= 0.6 is 0 Å². The number of rotatable bonds is 3. The average Bonchev–Trinajstić information content (AvgIpc) is 3.13. The van der Waals surface area contributed by atoms with Crippen molar-refractivity contribution >= 4 is 21.0 Å². The van der Waals surface area contributed by atoms with Crippen LogP contribution in [0.4, 0.5) is 0 Å². The number of aromatic amines is 1. The van der Waals surface area contributed by atoms with Crippen molar-refractivity contribution in [3.63, 3.8) is 0 Å². The van der Waals surface area contributed by atoms with Crippen LogP contribution in [0.3, 0.4) is 0 Å². The van der Waals surface area contributed by atoms with Gasteiger partial charge in [0.25, 0.3) is 10.1 Å². The number of hydrogen-bond acceptors (Lipinski definition) is 3. The molecule has 1 saturated heterocycles. The van der Waals surface area contributed by atoms with E-state index in [1.165, 1.54) is 41.4 Å². The van der Waals surface area contributed by atoms with Gasteiger partial charge in [-0.25, -0.2) is 0 Å². The van der Waals surface area contributed by atoms with Gasteiger partial charge in [0.05, 0.1) is 4.90 Å². The van der Waals surface area contributed by atoms with Crippen molar-refractivity contribution in [1.29, 1.82) is 0 Å². The predicted octanol–water partition coefficient (Wildman–Crippen LogP) is 4.44. The van der Waals surface area contributed by atoms with E-state index in [9.17, 15) is 8.42 Å². The Kier molecular flexibility index (Phi) is 6.54. The normalized spacial score (nSPS) is 15.2. The Hall–Kier alpha value is -2.15. The highest BCUT2D eigenvalue weighted by molar-refractivity contribution is 7.85. The molecule has 3 N–H and O–H groups in total. The van der Waals surface area contributed by atoms with Crippen molar-refractivity contribution in [3.8, 4) is 0 Å². The van der Waals surface area contributed by atoms with Gasteiger partial charge in [0.1, 0.15) is 0 Å². The van der Waals surface area contributed by atoms with Gasteiger partial charge in [-0.1, -0.05) is 36.8 Å². The lowest BCUT2D eigenvalue weighted by Crippen LogP contribution is -2.26. The van der Waals surface area contributed by atoms with Crippen molar-refractivity contribution in [2.45, 2.75) is 43.9 Å². The molecule has 4 rings (SSSR count). The fourth-order valence-electron chi connectivity index (χ4n) is 3.75. The van der Waals surface area contributed by atoms with E-state index in [1.54, 1.807) is 17.7 Å². The van der Waals surface area contributed by atoms with Crippen molar-refractivity contribution in [2.75, 3.05) is 13.1 Å². The van der Waals surface area contributed by atoms with Crippen LogP contribution in [0.15, 0.2) is 53.6 Å². The van der Waals surface area contributed by atoms with E-state index in [2.05, 4.69) is 41.6 Å². The van der Waals surface area contributed by atoms with Crippen LogP contribution in [0, 0.1) is 6.92 Å². The molecule has 28 heavy (non-hydrogen) atoms. The summed E-state index contributed by atoms with van der Waals surface area (Å²) in [4.78, 5) is 3.37. The summed E-state index contributed by atoms with van der Waals surface area (Å²) in [5.74, 6) is 0.734. The van der Waals surface area contributed by atoms with Gasteiger partial charge in [0, 0.05) is 17.1 Å². The van der Waals surface area contributed by atoms with Gasteiger partial charge >= 0.3 is 0 Å². The minimum atomic E-state index is -4.02. The van der Waals surface area contributed by atoms with E-state index in [0.29, 0.717) is 0 Å². The molecule has 1 aromatic heterocycles. The van der Waals surface area contributed by atoms with Crippen LogP contribution < -0.4 is 5.32 Å². The first kappa shape index (κ1) is 20.6. The summed E-state index contributed by atoms with van der Waals surface area (Å²) in [5.41, 5.74) is 5.28. The van der Waals surface area contributed by atoms with Crippen LogP contribution in [-0.4, -0.2) is 31.0 Å². The second kappa shape index (κ2) is 8.90. The fraction of sp³-hybridized carbons (Fsp3) is 0.364. The lowest BCUT2D eigenvalue weighted by molar-refractivity contribution is 0.462. The topological polar surface area (TPSA) is 82.2 Å². The molecule has 0 aliphatic carbocycles. The maximum Gasteiger partial charge on any atom is 0.294 e. The third-order valence-electron chi connectivity index (χ3n) is 5.30. The molecule has 6 heteroatoms. The number of nitrogens with one attached hydrogen (secondary N) is 2. The molecule has 2 heterocycles. The van der Waals surface area contributed by atoms with E-state index < -0.39 is 10.1 Å². The number of aromatic nitrogens is 1. The van der Waals surface area contributed by atoms with Gasteiger partial charge in [-0.2, -0.15) is 8.42 Å². The number of benzene rings is 2. The van der Waals surface area contributed by atoms with E-state index in [-0.39, 0.29) is 4.90 Å².